The van der Waals surface area contributed by atoms with Crippen molar-refractivity contribution in [1.82, 2.24) is 5.32 Å². The largest absolute Gasteiger partial charge is 0.466 e. The number of esters is 2. The van der Waals surface area contributed by atoms with Crippen molar-refractivity contribution in [2.75, 3.05) is 19.8 Å². The number of nitrogens with one attached hydrogen (secondary N) is 1. The maximum atomic E-state index is 12.1. The molecule has 0 fully saturated rings. The van der Waals surface area contributed by atoms with E-state index in [0.29, 0.717) is 39.0 Å². The van der Waals surface area contributed by atoms with E-state index in [9.17, 15) is 14.7 Å². The predicted octanol–water partition coefficient (Wildman–Crippen LogP) is 3.37. The predicted molar refractivity (Wildman–Crippen MR) is 107 cm³/mol. The van der Waals surface area contributed by atoms with E-state index in [1.165, 1.54) is 0 Å². The zero-order valence-electron chi connectivity index (χ0n) is 17.8. The first-order valence-corrected chi connectivity index (χ1v) is 10.1. The van der Waals surface area contributed by atoms with Gasteiger partial charge in [0.1, 0.15) is 6.04 Å². The number of allylic oxidation sites excluding steroid dienone is 1. The smallest absolute Gasteiger partial charge is 0.323 e. The molecule has 0 spiro atoms. The zero-order valence-corrected chi connectivity index (χ0v) is 17.8. The normalized spacial score (nSPS) is 14.1. The Hall–Kier alpha value is -1.40. The van der Waals surface area contributed by atoms with Crippen LogP contribution < -0.4 is 5.32 Å². The number of carbonyl (C=O) groups excluding carboxylic acids is 2. The number of unbranched alkanes of at least 4 members (excludes halogenated alkanes) is 1. The fourth-order valence-electron chi connectivity index (χ4n) is 2.69. The molecule has 27 heavy (non-hydrogen) atoms. The van der Waals surface area contributed by atoms with Gasteiger partial charge < -0.3 is 19.9 Å². The van der Waals surface area contributed by atoms with Crippen LogP contribution in [0.2, 0.25) is 0 Å². The highest BCUT2D eigenvalue weighted by Gasteiger charge is 2.20. The maximum absolute atomic E-state index is 12.1. The molecule has 0 aliphatic carbocycles. The SMILES string of the molecule is CCOC(=O)CCC/C=C\CC(NCCC(O)CC(C)(C)C)C(=O)OCC. The molecule has 0 radical (unpaired) electrons. The number of hydrogen-bond acceptors (Lipinski definition) is 6. The van der Waals surface area contributed by atoms with Crippen LogP contribution in [0.3, 0.4) is 0 Å². The molecule has 6 nitrogen and oxygen atoms in total. The molecule has 0 saturated heterocycles. The van der Waals surface area contributed by atoms with Crippen LogP contribution in [-0.2, 0) is 19.1 Å². The van der Waals surface area contributed by atoms with E-state index in [4.69, 9.17) is 9.47 Å². The monoisotopic (exact) mass is 385 g/mol. The quantitative estimate of drug-likeness (QED) is 0.271. The average Bonchev–Trinajstić information content (AvgIpc) is 2.55. The Kier molecular flexibility index (Phi) is 13.9. The molecular formula is C21H39NO5. The molecule has 2 N–H and O–H groups in total. The number of ether oxygens (including phenoxy) is 2. The number of hydrogen-bond donors (Lipinski definition) is 2. The third kappa shape index (κ3) is 15.4. The lowest BCUT2D eigenvalue weighted by Gasteiger charge is -2.23. The maximum Gasteiger partial charge on any atom is 0.323 e. The molecule has 158 valence electrons. The Morgan fingerprint density at radius 1 is 1.11 bits per heavy atom. The van der Waals surface area contributed by atoms with Crippen molar-refractivity contribution < 1.29 is 24.2 Å². The van der Waals surface area contributed by atoms with Gasteiger partial charge in [-0.1, -0.05) is 32.9 Å². The van der Waals surface area contributed by atoms with Crippen molar-refractivity contribution in [3.05, 3.63) is 12.2 Å². The number of aliphatic hydroxyl groups is 1. The Bertz CT molecular complexity index is 442. The van der Waals surface area contributed by atoms with Gasteiger partial charge in [0.2, 0.25) is 0 Å². The molecule has 0 aromatic heterocycles. The van der Waals surface area contributed by atoms with E-state index in [0.717, 1.165) is 19.3 Å². The molecule has 0 aliphatic heterocycles. The second-order valence-electron chi connectivity index (χ2n) is 7.87. The van der Waals surface area contributed by atoms with Crippen molar-refractivity contribution in [3.63, 3.8) is 0 Å². The molecule has 0 aromatic carbocycles. The first kappa shape index (κ1) is 25.6. The van der Waals surface area contributed by atoms with Gasteiger partial charge in [0.05, 0.1) is 19.3 Å². The summed E-state index contributed by atoms with van der Waals surface area (Å²) >= 11 is 0. The molecule has 0 saturated carbocycles. The Morgan fingerprint density at radius 2 is 1.78 bits per heavy atom. The number of aliphatic hydroxyl groups excluding tert-OH is 1. The van der Waals surface area contributed by atoms with Crippen LogP contribution in [0.5, 0.6) is 0 Å². The van der Waals surface area contributed by atoms with Crippen molar-refractivity contribution in [1.29, 1.82) is 0 Å². The van der Waals surface area contributed by atoms with Gasteiger partial charge in [0.25, 0.3) is 0 Å². The molecule has 2 atom stereocenters. The van der Waals surface area contributed by atoms with E-state index in [2.05, 4.69) is 26.1 Å². The first-order valence-electron chi connectivity index (χ1n) is 10.1. The summed E-state index contributed by atoms with van der Waals surface area (Å²) in [5, 5.41) is 13.3. The van der Waals surface area contributed by atoms with Crippen LogP contribution in [-0.4, -0.2) is 48.9 Å². The van der Waals surface area contributed by atoms with Crippen LogP contribution >= 0.6 is 0 Å². The molecule has 0 amide bonds. The van der Waals surface area contributed by atoms with E-state index in [-0.39, 0.29) is 17.4 Å². The van der Waals surface area contributed by atoms with Gasteiger partial charge in [0, 0.05) is 6.42 Å². The lowest BCUT2D eigenvalue weighted by atomic mass is 9.88. The van der Waals surface area contributed by atoms with Gasteiger partial charge in [0.15, 0.2) is 0 Å². The first-order chi connectivity index (χ1) is 12.7. The van der Waals surface area contributed by atoms with E-state index < -0.39 is 12.1 Å². The number of carbonyl (C=O) groups is 2. The summed E-state index contributed by atoms with van der Waals surface area (Å²) in [6, 6.07) is -0.423. The fraction of sp³-hybridized carbons (Fsp3) is 0.810. The Balaban J connectivity index is 4.26. The fourth-order valence-corrected chi connectivity index (χ4v) is 2.69. The lowest BCUT2D eigenvalue weighted by Crippen LogP contribution is -2.39. The van der Waals surface area contributed by atoms with Gasteiger partial charge in [-0.15, -0.1) is 0 Å². The van der Waals surface area contributed by atoms with Crippen molar-refractivity contribution in [3.8, 4) is 0 Å². The molecule has 0 rings (SSSR count). The summed E-state index contributed by atoms with van der Waals surface area (Å²) in [5.74, 6) is -0.454. The molecule has 2 unspecified atom stereocenters. The van der Waals surface area contributed by atoms with Crippen molar-refractivity contribution in [2.24, 2.45) is 5.41 Å². The standard InChI is InChI=1S/C21H39NO5/c1-6-26-19(24)13-11-9-8-10-12-18(20(25)27-7-2)22-15-14-17(23)16-21(3,4)5/h8,10,17-18,22-23H,6-7,9,11-16H2,1-5H3/b10-8-. The van der Waals surface area contributed by atoms with Crippen LogP contribution in [0, 0.1) is 5.41 Å². The second-order valence-corrected chi connectivity index (χ2v) is 7.87. The molecule has 0 heterocycles. The van der Waals surface area contributed by atoms with E-state index >= 15 is 0 Å². The summed E-state index contributed by atoms with van der Waals surface area (Å²) in [6.45, 7) is 11.2. The average molecular weight is 386 g/mol. The van der Waals surface area contributed by atoms with Gasteiger partial charge in [-0.25, -0.2) is 0 Å². The van der Waals surface area contributed by atoms with Crippen LogP contribution in [0.4, 0.5) is 0 Å². The van der Waals surface area contributed by atoms with Gasteiger partial charge in [-0.05, 0) is 57.9 Å². The minimum Gasteiger partial charge on any atom is -0.466 e. The van der Waals surface area contributed by atoms with Gasteiger partial charge in [-0.2, -0.15) is 0 Å². The molecular weight excluding hydrogens is 346 g/mol. The van der Waals surface area contributed by atoms with Gasteiger partial charge in [-0.3, -0.25) is 9.59 Å². The van der Waals surface area contributed by atoms with Crippen LogP contribution in [0.1, 0.15) is 73.1 Å². The highest BCUT2D eigenvalue weighted by molar-refractivity contribution is 5.76. The summed E-state index contributed by atoms with van der Waals surface area (Å²) < 4.78 is 10.0. The summed E-state index contributed by atoms with van der Waals surface area (Å²) in [7, 11) is 0. The summed E-state index contributed by atoms with van der Waals surface area (Å²) in [5.41, 5.74) is 0.0756. The summed E-state index contributed by atoms with van der Waals surface area (Å²) in [4.78, 5) is 23.4. The van der Waals surface area contributed by atoms with Crippen molar-refractivity contribution in [2.45, 2.75) is 85.3 Å². The third-order valence-electron chi connectivity index (χ3n) is 3.88. The molecule has 0 aromatic rings. The van der Waals surface area contributed by atoms with Crippen LogP contribution in [0.25, 0.3) is 0 Å². The van der Waals surface area contributed by atoms with Crippen molar-refractivity contribution >= 4 is 11.9 Å². The highest BCUT2D eigenvalue weighted by Crippen LogP contribution is 2.21. The molecule has 0 bridgehead atoms. The molecule has 0 aliphatic rings. The van der Waals surface area contributed by atoms with Crippen LogP contribution in [0.15, 0.2) is 12.2 Å². The Labute approximate surface area is 164 Å². The number of rotatable bonds is 14. The lowest BCUT2D eigenvalue weighted by molar-refractivity contribution is -0.145. The third-order valence-corrected chi connectivity index (χ3v) is 3.88. The second kappa shape index (κ2) is 14.6. The minimum absolute atomic E-state index is 0.0756. The zero-order chi connectivity index (χ0) is 20.7. The highest BCUT2D eigenvalue weighted by atomic mass is 16.5. The van der Waals surface area contributed by atoms with E-state index in [1.807, 2.05) is 12.2 Å². The molecule has 6 heteroatoms. The van der Waals surface area contributed by atoms with E-state index in [1.54, 1.807) is 13.8 Å². The minimum atomic E-state index is -0.423. The summed E-state index contributed by atoms with van der Waals surface area (Å²) in [6.07, 6.45) is 7.25. The Morgan fingerprint density at radius 3 is 2.37 bits per heavy atom. The topological polar surface area (TPSA) is 84.9 Å². The van der Waals surface area contributed by atoms with Gasteiger partial charge >= 0.3 is 11.9 Å².